The van der Waals surface area contributed by atoms with Crippen molar-refractivity contribution in [1.29, 1.82) is 0 Å². The summed E-state index contributed by atoms with van der Waals surface area (Å²) in [7, 11) is 0. The number of rotatable bonds is 46. The van der Waals surface area contributed by atoms with Crippen LogP contribution >= 0.6 is 11.6 Å². The molecule has 0 aliphatic rings. The van der Waals surface area contributed by atoms with Crippen LogP contribution in [-0.4, -0.2) is 171 Å². The second kappa shape index (κ2) is 40.9. The number of halogens is 1. The first kappa shape index (κ1) is 54.8. The van der Waals surface area contributed by atoms with Gasteiger partial charge in [-0.15, -0.1) is 11.6 Å². The molecule has 0 heterocycles. The van der Waals surface area contributed by atoms with Crippen LogP contribution in [0.15, 0.2) is 91.0 Å². The third kappa shape index (κ3) is 27.5. The van der Waals surface area contributed by atoms with Gasteiger partial charge in [0.2, 0.25) is 0 Å². The quantitative estimate of drug-likeness (QED) is 0.0330. The number of hydrogen-bond acceptors (Lipinski definition) is 13. The van der Waals surface area contributed by atoms with Crippen LogP contribution in [0.5, 0.6) is 0 Å². The van der Waals surface area contributed by atoms with Crippen LogP contribution in [0.1, 0.15) is 42.4 Å². The summed E-state index contributed by atoms with van der Waals surface area (Å²) in [5, 5.41) is 0. The summed E-state index contributed by atoms with van der Waals surface area (Å²) in [6.45, 7) is 12.9. The first-order chi connectivity index (χ1) is 31.4. The second-order valence-corrected chi connectivity index (χ2v) is 14.5. The highest BCUT2D eigenvalue weighted by Gasteiger charge is 2.37. The zero-order valence-corrected chi connectivity index (χ0v) is 38.3. The molecule has 13 nitrogen and oxygen atoms in total. The molecule has 0 fully saturated rings. The maximum Gasteiger partial charge on any atom is 0.143 e. The van der Waals surface area contributed by atoms with Crippen LogP contribution in [0, 0.1) is 0 Å². The highest BCUT2D eigenvalue weighted by atomic mass is 35.5. The topological polar surface area (TPSA) is 120 Å². The number of benzene rings is 3. The Kier molecular flexibility index (Phi) is 35.6. The molecule has 0 atom stereocenters. The molecule has 3 rings (SSSR count). The summed E-state index contributed by atoms with van der Waals surface area (Å²) in [5.74, 6) is 0.740. The van der Waals surface area contributed by atoms with Gasteiger partial charge in [-0.2, -0.15) is 0 Å². The molecule has 0 aliphatic heterocycles. The molecule has 3 aromatic carbocycles. The molecule has 63 heavy (non-hydrogen) atoms. The maximum atomic E-state index is 6.74. The Morgan fingerprint density at radius 1 is 0.254 bits per heavy atom. The van der Waals surface area contributed by atoms with Gasteiger partial charge in [0.1, 0.15) is 5.60 Å². The number of alkyl halides is 1. The van der Waals surface area contributed by atoms with E-state index < -0.39 is 5.60 Å². The Labute approximate surface area is 382 Å². The molecule has 14 heteroatoms. The zero-order chi connectivity index (χ0) is 44.2. The van der Waals surface area contributed by atoms with E-state index in [4.69, 9.17) is 73.2 Å². The zero-order valence-electron chi connectivity index (χ0n) is 37.6. The first-order valence-electron chi connectivity index (χ1n) is 22.7. The van der Waals surface area contributed by atoms with E-state index in [1.165, 1.54) is 6.42 Å². The van der Waals surface area contributed by atoms with Gasteiger partial charge in [-0.05, 0) is 29.5 Å². The van der Waals surface area contributed by atoms with Crippen LogP contribution in [0.2, 0.25) is 0 Å². The fraction of sp³-hybridized carbons (Fsp3) is 0.633. The van der Waals surface area contributed by atoms with E-state index in [0.29, 0.717) is 159 Å². The molecule has 0 radical (unpaired) electrons. The molecule has 0 saturated heterocycles. The van der Waals surface area contributed by atoms with Gasteiger partial charge in [0.25, 0.3) is 0 Å². The molecule has 0 bridgehead atoms. The summed E-state index contributed by atoms with van der Waals surface area (Å²) in [4.78, 5) is 0. The minimum Gasteiger partial charge on any atom is -0.379 e. The van der Waals surface area contributed by atoms with Crippen LogP contribution < -0.4 is 0 Å². The molecular weight excluding hydrogens is 832 g/mol. The molecule has 356 valence electrons. The normalized spacial score (nSPS) is 11.8. The van der Waals surface area contributed by atoms with Crippen molar-refractivity contribution in [1.82, 2.24) is 0 Å². The minimum atomic E-state index is -0.755. The lowest BCUT2D eigenvalue weighted by Crippen LogP contribution is -2.34. The van der Waals surface area contributed by atoms with E-state index in [-0.39, 0.29) is 0 Å². The van der Waals surface area contributed by atoms with E-state index in [0.717, 1.165) is 48.4 Å². The standard InChI is InChI=1S/C49H75ClO13/c50-20-12-1-2-13-21-51-22-23-52-24-25-53-26-27-54-28-29-55-30-31-56-32-33-57-34-35-58-36-37-59-38-39-60-40-41-61-42-43-62-44-45-63-49(46-14-6-3-7-15-46,47-16-8-4-9-17-47)48-18-10-5-11-19-48/h3-11,14-19H,1-2,12-13,20-45H2. The van der Waals surface area contributed by atoms with E-state index in [1.807, 2.05) is 54.6 Å². The fourth-order valence-corrected chi connectivity index (χ4v) is 6.38. The van der Waals surface area contributed by atoms with Gasteiger partial charge in [-0.3, -0.25) is 0 Å². The molecule has 0 aliphatic carbocycles. The Bertz CT molecular complexity index is 1280. The predicted molar refractivity (Wildman–Crippen MR) is 244 cm³/mol. The number of hydrogen-bond donors (Lipinski definition) is 0. The van der Waals surface area contributed by atoms with Crippen LogP contribution in [0.25, 0.3) is 0 Å². The number of ether oxygens (including phenoxy) is 13. The third-order valence-corrected chi connectivity index (χ3v) is 9.62. The Morgan fingerprint density at radius 3 is 0.730 bits per heavy atom. The van der Waals surface area contributed by atoms with E-state index >= 15 is 0 Å². The van der Waals surface area contributed by atoms with E-state index in [2.05, 4.69) is 36.4 Å². The summed E-state index contributed by atoms with van der Waals surface area (Å²) in [6, 6.07) is 31.0. The Balaban J connectivity index is 0.988. The van der Waals surface area contributed by atoms with Gasteiger partial charge in [-0.1, -0.05) is 104 Å². The van der Waals surface area contributed by atoms with Crippen molar-refractivity contribution in [3.8, 4) is 0 Å². The third-order valence-electron chi connectivity index (χ3n) is 9.35. The minimum absolute atomic E-state index is 0.413. The largest absolute Gasteiger partial charge is 0.379 e. The first-order valence-corrected chi connectivity index (χ1v) is 23.2. The number of unbranched alkanes of at least 4 members (excludes halogenated alkanes) is 3. The summed E-state index contributed by atoms with van der Waals surface area (Å²) < 4.78 is 73.6. The van der Waals surface area contributed by atoms with Crippen molar-refractivity contribution >= 4 is 11.6 Å². The van der Waals surface area contributed by atoms with Crippen molar-refractivity contribution in [3.63, 3.8) is 0 Å². The summed E-state index contributed by atoms with van der Waals surface area (Å²) in [5.41, 5.74) is 2.44. The molecule has 0 spiro atoms. The molecule has 0 aromatic heterocycles. The monoisotopic (exact) mass is 906 g/mol. The van der Waals surface area contributed by atoms with Crippen LogP contribution in [-0.2, 0) is 67.2 Å². The fourth-order valence-electron chi connectivity index (χ4n) is 6.20. The molecule has 0 saturated carbocycles. The van der Waals surface area contributed by atoms with Crippen LogP contribution in [0.4, 0.5) is 0 Å². The molecule has 3 aromatic rings. The van der Waals surface area contributed by atoms with Gasteiger partial charge in [0, 0.05) is 12.5 Å². The van der Waals surface area contributed by atoms with Gasteiger partial charge in [-0.25, -0.2) is 0 Å². The van der Waals surface area contributed by atoms with E-state index in [9.17, 15) is 0 Å². The lowest BCUT2D eigenvalue weighted by Gasteiger charge is -2.36. The average molecular weight is 908 g/mol. The predicted octanol–water partition coefficient (Wildman–Crippen LogP) is 6.99. The van der Waals surface area contributed by atoms with Crippen molar-refractivity contribution in [2.24, 2.45) is 0 Å². The van der Waals surface area contributed by atoms with Gasteiger partial charge in [0.15, 0.2) is 0 Å². The Morgan fingerprint density at radius 2 is 0.476 bits per heavy atom. The maximum absolute atomic E-state index is 6.74. The molecule has 0 amide bonds. The lowest BCUT2D eigenvalue weighted by atomic mass is 9.80. The summed E-state index contributed by atoms with van der Waals surface area (Å²) >= 11 is 5.67. The smallest absolute Gasteiger partial charge is 0.143 e. The molecule has 0 unspecified atom stereocenters. The van der Waals surface area contributed by atoms with Gasteiger partial charge in [0.05, 0.1) is 159 Å². The van der Waals surface area contributed by atoms with Crippen molar-refractivity contribution in [2.45, 2.75) is 31.3 Å². The molecule has 0 N–H and O–H groups in total. The Hall–Kier alpha value is -2.57. The van der Waals surface area contributed by atoms with Crippen molar-refractivity contribution in [3.05, 3.63) is 108 Å². The second-order valence-electron chi connectivity index (χ2n) is 14.1. The highest BCUT2D eigenvalue weighted by Crippen LogP contribution is 2.40. The van der Waals surface area contributed by atoms with Crippen molar-refractivity contribution in [2.75, 3.05) is 171 Å². The van der Waals surface area contributed by atoms with Crippen molar-refractivity contribution < 1.29 is 61.6 Å². The SMILES string of the molecule is ClCCCCCCOCCOCCOCCOCCOCCOCCOCCOCCOCCOCCOCCOCCOC(c1ccccc1)(c1ccccc1)c1ccccc1. The van der Waals surface area contributed by atoms with E-state index in [1.54, 1.807) is 0 Å². The lowest BCUT2D eigenvalue weighted by molar-refractivity contribution is -0.0399. The van der Waals surface area contributed by atoms with Gasteiger partial charge >= 0.3 is 0 Å². The highest BCUT2D eigenvalue weighted by molar-refractivity contribution is 6.17. The summed E-state index contributed by atoms with van der Waals surface area (Å²) in [6.07, 6.45) is 4.48. The van der Waals surface area contributed by atoms with Gasteiger partial charge < -0.3 is 61.6 Å². The van der Waals surface area contributed by atoms with Crippen LogP contribution in [0.3, 0.4) is 0 Å². The molecular formula is C49H75ClO13. The average Bonchev–Trinajstić information content (AvgIpc) is 3.33.